The topological polar surface area (TPSA) is 62.7 Å². The second kappa shape index (κ2) is 9.84. The van der Waals surface area contributed by atoms with Crippen molar-refractivity contribution in [2.24, 2.45) is 5.10 Å². The molecular formula is C19H21N3O2. The highest BCUT2D eigenvalue weighted by atomic mass is 16.5. The fourth-order valence-corrected chi connectivity index (χ4v) is 1.93. The summed E-state index contributed by atoms with van der Waals surface area (Å²) in [6.07, 6.45) is 5.23. The van der Waals surface area contributed by atoms with Gasteiger partial charge in [-0.05, 0) is 42.8 Å². The highest BCUT2D eigenvalue weighted by molar-refractivity contribution is 5.83. The number of hydrogen-bond acceptors (Lipinski definition) is 4. The van der Waals surface area contributed by atoms with Crippen molar-refractivity contribution in [3.63, 3.8) is 0 Å². The Kier molecular flexibility index (Phi) is 7.08. The summed E-state index contributed by atoms with van der Waals surface area (Å²) in [7, 11) is 0. The number of anilines is 1. The molecule has 0 bridgehead atoms. The third-order valence-electron chi connectivity index (χ3n) is 3.06. The molecule has 5 nitrogen and oxygen atoms in total. The number of hydrogen-bond donors (Lipinski definition) is 2. The van der Waals surface area contributed by atoms with Crippen LogP contribution in [0, 0.1) is 0 Å². The van der Waals surface area contributed by atoms with Gasteiger partial charge in [0, 0.05) is 11.9 Å². The molecule has 0 radical (unpaired) electrons. The zero-order valence-corrected chi connectivity index (χ0v) is 13.6. The van der Waals surface area contributed by atoms with Crippen molar-refractivity contribution in [1.29, 1.82) is 0 Å². The Morgan fingerprint density at radius 3 is 2.58 bits per heavy atom. The van der Waals surface area contributed by atoms with Gasteiger partial charge in [-0.3, -0.25) is 4.79 Å². The average molecular weight is 323 g/mol. The number of nitrogens with one attached hydrogen (secondary N) is 2. The first-order valence-electron chi connectivity index (χ1n) is 7.78. The summed E-state index contributed by atoms with van der Waals surface area (Å²) >= 11 is 0. The molecule has 0 saturated heterocycles. The standard InChI is InChI=1S/C19H21N3O2/c1-2-24-18-12-10-17(11-13-18)20-15-19(23)22-21-14-6-9-16-7-4-3-5-8-16/h3-14,20H,2,15H2,1H3,(H,22,23)/b9-6+,21-14-. The van der Waals surface area contributed by atoms with Gasteiger partial charge in [-0.25, -0.2) is 5.43 Å². The molecule has 2 aromatic rings. The van der Waals surface area contributed by atoms with Crippen molar-refractivity contribution in [1.82, 2.24) is 5.43 Å². The van der Waals surface area contributed by atoms with Gasteiger partial charge >= 0.3 is 0 Å². The van der Waals surface area contributed by atoms with Gasteiger partial charge in [-0.1, -0.05) is 36.4 Å². The van der Waals surface area contributed by atoms with E-state index in [0.717, 1.165) is 17.0 Å². The van der Waals surface area contributed by atoms with E-state index in [1.807, 2.05) is 67.6 Å². The lowest BCUT2D eigenvalue weighted by molar-refractivity contribution is -0.119. The number of amides is 1. The molecule has 0 fully saturated rings. The van der Waals surface area contributed by atoms with E-state index in [-0.39, 0.29) is 12.5 Å². The number of ether oxygens (including phenoxy) is 1. The molecule has 5 heteroatoms. The fraction of sp³-hybridized carbons (Fsp3) is 0.158. The van der Waals surface area contributed by atoms with Gasteiger partial charge in [-0.2, -0.15) is 5.10 Å². The average Bonchev–Trinajstić information content (AvgIpc) is 2.62. The molecule has 0 atom stereocenters. The Hall–Kier alpha value is -3.08. The van der Waals surface area contributed by atoms with Crippen molar-refractivity contribution in [3.8, 4) is 5.75 Å². The van der Waals surface area contributed by atoms with Crippen molar-refractivity contribution >= 4 is 23.9 Å². The van der Waals surface area contributed by atoms with Gasteiger partial charge in [0.25, 0.3) is 5.91 Å². The van der Waals surface area contributed by atoms with Crippen LogP contribution in [0.3, 0.4) is 0 Å². The van der Waals surface area contributed by atoms with Gasteiger partial charge in [0.2, 0.25) is 0 Å². The minimum atomic E-state index is -0.215. The molecular weight excluding hydrogens is 302 g/mol. The van der Waals surface area contributed by atoms with E-state index < -0.39 is 0 Å². The normalized spacial score (nSPS) is 10.9. The van der Waals surface area contributed by atoms with Crippen molar-refractivity contribution in [2.75, 3.05) is 18.5 Å². The predicted octanol–water partition coefficient (Wildman–Crippen LogP) is 3.31. The summed E-state index contributed by atoms with van der Waals surface area (Å²) in [6.45, 7) is 2.71. The molecule has 2 aromatic carbocycles. The molecule has 0 aliphatic heterocycles. The number of allylic oxidation sites excluding steroid dienone is 1. The maximum Gasteiger partial charge on any atom is 0.259 e. The Morgan fingerprint density at radius 2 is 1.88 bits per heavy atom. The lowest BCUT2D eigenvalue weighted by Gasteiger charge is -2.07. The second-order valence-electron chi connectivity index (χ2n) is 4.89. The monoisotopic (exact) mass is 323 g/mol. The molecule has 0 saturated carbocycles. The van der Waals surface area contributed by atoms with Crippen molar-refractivity contribution in [3.05, 3.63) is 66.2 Å². The van der Waals surface area contributed by atoms with E-state index in [9.17, 15) is 4.79 Å². The summed E-state index contributed by atoms with van der Waals surface area (Å²) < 4.78 is 5.36. The van der Waals surface area contributed by atoms with Crippen LogP contribution < -0.4 is 15.5 Å². The smallest absolute Gasteiger partial charge is 0.259 e. The second-order valence-corrected chi connectivity index (χ2v) is 4.89. The van der Waals surface area contributed by atoms with E-state index in [0.29, 0.717) is 6.61 Å². The summed E-state index contributed by atoms with van der Waals surface area (Å²) in [5.74, 6) is 0.593. The van der Waals surface area contributed by atoms with Crippen LogP contribution in [-0.4, -0.2) is 25.3 Å². The molecule has 2 N–H and O–H groups in total. The van der Waals surface area contributed by atoms with Crippen LogP contribution in [0.25, 0.3) is 6.08 Å². The zero-order valence-electron chi connectivity index (χ0n) is 13.6. The third kappa shape index (κ3) is 6.36. The number of rotatable bonds is 8. The molecule has 0 unspecified atom stereocenters. The van der Waals surface area contributed by atoms with Gasteiger partial charge in [0.05, 0.1) is 13.2 Å². The molecule has 124 valence electrons. The zero-order chi connectivity index (χ0) is 17.0. The molecule has 1 amide bonds. The van der Waals surface area contributed by atoms with Crippen LogP contribution in [0.15, 0.2) is 65.8 Å². The lowest BCUT2D eigenvalue weighted by Crippen LogP contribution is -2.25. The van der Waals surface area contributed by atoms with E-state index >= 15 is 0 Å². The molecule has 2 rings (SSSR count). The fourth-order valence-electron chi connectivity index (χ4n) is 1.93. The van der Waals surface area contributed by atoms with Crippen LogP contribution in [0.4, 0.5) is 5.69 Å². The predicted molar refractivity (Wildman–Crippen MR) is 98.2 cm³/mol. The van der Waals surface area contributed by atoms with Crippen LogP contribution in [0.1, 0.15) is 12.5 Å². The first-order valence-corrected chi connectivity index (χ1v) is 7.78. The Morgan fingerprint density at radius 1 is 1.12 bits per heavy atom. The van der Waals surface area contributed by atoms with Gasteiger partial charge in [-0.15, -0.1) is 0 Å². The maximum absolute atomic E-state index is 11.7. The van der Waals surface area contributed by atoms with E-state index in [4.69, 9.17) is 4.74 Å². The minimum absolute atomic E-state index is 0.147. The summed E-state index contributed by atoms with van der Waals surface area (Å²) in [5, 5.41) is 6.89. The van der Waals surface area contributed by atoms with Gasteiger partial charge in [0.15, 0.2) is 0 Å². The van der Waals surface area contributed by atoms with E-state index in [1.165, 1.54) is 0 Å². The van der Waals surface area contributed by atoms with E-state index in [2.05, 4.69) is 15.8 Å². The van der Waals surface area contributed by atoms with Crippen LogP contribution >= 0.6 is 0 Å². The molecule has 0 heterocycles. The molecule has 24 heavy (non-hydrogen) atoms. The Balaban J connectivity index is 1.69. The van der Waals surface area contributed by atoms with Crippen LogP contribution in [0.5, 0.6) is 5.75 Å². The van der Waals surface area contributed by atoms with Gasteiger partial charge in [0.1, 0.15) is 5.75 Å². The molecule has 0 aliphatic rings. The largest absolute Gasteiger partial charge is 0.494 e. The first kappa shape index (κ1) is 17.3. The van der Waals surface area contributed by atoms with E-state index in [1.54, 1.807) is 12.3 Å². The first-order chi connectivity index (χ1) is 11.8. The lowest BCUT2D eigenvalue weighted by atomic mass is 10.2. The highest BCUT2D eigenvalue weighted by Gasteiger charge is 1.99. The van der Waals surface area contributed by atoms with Crippen molar-refractivity contribution < 1.29 is 9.53 Å². The number of carbonyl (C=O) groups excluding carboxylic acids is 1. The maximum atomic E-state index is 11.7. The van der Waals surface area contributed by atoms with Crippen LogP contribution in [-0.2, 0) is 4.79 Å². The Bertz CT molecular complexity index is 680. The van der Waals surface area contributed by atoms with Crippen LogP contribution in [0.2, 0.25) is 0 Å². The molecule has 0 aromatic heterocycles. The number of hydrazone groups is 1. The number of benzene rings is 2. The van der Waals surface area contributed by atoms with Gasteiger partial charge < -0.3 is 10.1 Å². The highest BCUT2D eigenvalue weighted by Crippen LogP contribution is 2.15. The minimum Gasteiger partial charge on any atom is -0.494 e. The number of carbonyl (C=O) groups is 1. The third-order valence-corrected chi connectivity index (χ3v) is 3.06. The summed E-state index contributed by atoms with van der Waals surface area (Å²) in [4.78, 5) is 11.7. The quantitative estimate of drug-likeness (QED) is 0.579. The SMILES string of the molecule is CCOc1ccc(NCC(=O)N/N=C\C=C\c2ccccc2)cc1. The number of nitrogens with zero attached hydrogens (tertiary/aromatic N) is 1. The summed E-state index contributed by atoms with van der Waals surface area (Å²) in [5.41, 5.74) is 4.39. The molecule has 0 aliphatic carbocycles. The summed E-state index contributed by atoms with van der Waals surface area (Å²) in [6, 6.07) is 17.3. The van der Waals surface area contributed by atoms with Crippen molar-refractivity contribution in [2.45, 2.75) is 6.92 Å². The Labute approximate surface area is 142 Å². The molecule has 0 spiro atoms.